The molecule has 11 rings (SSSR count). The van der Waals surface area contributed by atoms with Crippen LogP contribution in [0.2, 0.25) is 5.02 Å². The van der Waals surface area contributed by atoms with Gasteiger partial charge < -0.3 is 24.3 Å². The molecule has 0 saturated carbocycles. The Bertz CT molecular complexity index is 3950. The summed E-state index contributed by atoms with van der Waals surface area (Å²) >= 11 is 16.5. The number of pyridine rings is 3. The molecule has 0 atom stereocenters. The van der Waals surface area contributed by atoms with E-state index < -0.39 is 17.5 Å². The van der Waals surface area contributed by atoms with Crippen LogP contribution in [0, 0.1) is 51.4 Å². The van der Waals surface area contributed by atoms with Crippen molar-refractivity contribution in [2.75, 3.05) is 0 Å². The van der Waals surface area contributed by atoms with E-state index in [0.29, 0.717) is 61.2 Å². The molecule has 0 saturated heterocycles. The fraction of sp³-hybridized carbons (Fsp3) is 0.0400. The zero-order valence-electron chi connectivity index (χ0n) is 39.2. The number of ether oxygens (including phenoxy) is 2. The SMILES string of the molecule is Cn1cc(-c2ccc(Oc3cc(C#N)nc4ccsc34)c(F)c2)cn1.Cn1cc(O[B]O)cn1.F.I.N#Cc1cc(Cl)c2sccc2n1.N#Cc1cc(Oc2ccc(Br)cc2F)c2sccc2n1.Oc1ccc(Br)cc1F.[HH]. The van der Waals surface area contributed by atoms with Gasteiger partial charge in [0.15, 0.2) is 34.7 Å². The Morgan fingerprint density at radius 3 is 1.53 bits per heavy atom. The summed E-state index contributed by atoms with van der Waals surface area (Å²) in [6, 6.07) is 29.4. The van der Waals surface area contributed by atoms with E-state index in [-0.39, 0.29) is 58.7 Å². The first-order valence-corrected chi connectivity index (χ1v) is 25.6. The van der Waals surface area contributed by atoms with Crippen LogP contribution in [0.4, 0.5) is 17.9 Å². The molecule has 391 valence electrons. The second-order valence-corrected chi connectivity index (χ2v) is 19.7. The highest BCUT2D eigenvalue weighted by Crippen LogP contribution is 2.37. The summed E-state index contributed by atoms with van der Waals surface area (Å²) in [5.74, 6) is -0.300. The summed E-state index contributed by atoms with van der Waals surface area (Å²) in [5.41, 5.74) is 4.50. The molecule has 77 heavy (non-hydrogen) atoms. The first-order valence-electron chi connectivity index (χ1n) is 21.0. The van der Waals surface area contributed by atoms with Crippen molar-refractivity contribution >= 4 is 140 Å². The minimum Gasteiger partial charge on any atom is -0.535 e. The number of halogens is 8. The summed E-state index contributed by atoms with van der Waals surface area (Å²) in [6.07, 6.45) is 6.64. The molecule has 0 aliphatic carbocycles. The number of hydrogen-bond donors (Lipinski definition) is 2. The van der Waals surface area contributed by atoms with Crippen LogP contribution in [-0.4, -0.2) is 52.3 Å². The van der Waals surface area contributed by atoms with E-state index in [0.717, 1.165) is 25.2 Å². The van der Waals surface area contributed by atoms with Crippen molar-refractivity contribution in [3.63, 3.8) is 0 Å². The van der Waals surface area contributed by atoms with Gasteiger partial charge in [-0.1, -0.05) is 49.5 Å². The van der Waals surface area contributed by atoms with Gasteiger partial charge >= 0.3 is 7.69 Å². The summed E-state index contributed by atoms with van der Waals surface area (Å²) in [6.45, 7) is 0. The van der Waals surface area contributed by atoms with Gasteiger partial charge in [-0.25, -0.2) is 28.1 Å². The van der Waals surface area contributed by atoms with Crippen molar-refractivity contribution in [2.45, 2.75) is 0 Å². The van der Waals surface area contributed by atoms with E-state index in [1.165, 1.54) is 82.7 Å². The largest absolute Gasteiger partial charge is 0.569 e. The Hall–Kier alpha value is -7.20. The predicted molar refractivity (Wildman–Crippen MR) is 308 cm³/mol. The second kappa shape index (κ2) is 28.8. The van der Waals surface area contributed by atoms with Crippen molar-refractivity contribution in [3.05, 3.63) is 180 Å². The van der Waals surface area contributed by atoms with Gasteiger partial charge in [0.25, 0.3) is 0 Å². The average Bonchev–Trinajstić information content (AvgIpc) is 4.28. The van der Waals surface area contributed by atoms with Crippen molar-refractivity contribution in [3.8, 4) is 63.8 Å². The number of aryl methyl sites for hydroxylation is 2. The Kier molecular flexibility index (Phi) is 22.7. The Balaban J connectivity index is 0.000000221. The average molecular weight is 1360 g/mol. The van der Waals surface area contributed by atoms with Crippen molar-refractivity contribution in [1.29, 1.82) is 15.8 Å². The van der Waals surface area contributed by atoms with Gasteiger partial charge in [-0.15, -0.1) is 58.0 Å². The number of phenols is 1. The van der Waals surface area contributed by atoms with E-state index in [1.54, 1.807) is 78.3 Å². The van der Waals surface area contributed by atoms with Gasteiger partial charge in [0, 0.05) is 48.4 Å². The molecule has 0 spiro atoms. The molecule has 0 bridgehead atoms. The maximum absolute atomic E-state index is 14.5. The number of aromatic nitrogens is 7. The Labute approximate surface area is 488 Å². The van der Waals surface area contributed by atoms with Gasteiger partial charge in [0.2, 0.25) is 0 Å². The van der Waals surface area contributed by atoms with E-state index >= 15 is 0 Å². The van der Waals surface area contributed by atoms with Gasteiger partial charge in [-0.3, -0.25) is 14.1 Å². The third kappa shape index (κ3) is 16.4. The van der Waals surface area contributed by atoms with Crippen LogP contribution in [0.25, 0.3) is 41.8 Å². The van der Waals surface area contributed by atoms with Gasteiger partial charge in [-0.05, 0) is 94.5 Å². The first kappa shape index (κ1) is 60.7. The Morgan fingerprint density at radius 1 is 0.610 bits per heavy atom. The van der Waals surface area contributed by atoms with E-state index in [1.807, 2.05) is 46.6 Å². The lowest BCUT2D eigenvalue weighted by molar-refractivity contribution is 0.432. The van der Waals surface area contributed by atoms with Crippen LogP contribution in [0.15, 0.2) is 141 Å². The third-order valence-electron chi connectivity index (χ3n) is 9.55. The molecule has 0 aliphatic rings. The van der Waals surface area contributed by atoms with E-state index in [2.05, 4.69) is 61.7 Å². The molecule has 3 aromatic carbocycles. The number of thiophene rings is 3. The number of hydrogen-bond acceptors (Lipinski definition) is 16. The molecule has 0 aliphatic heterocycles. The number of phenolic OH excluding ortho intramolecular Hbond substituents is 1. The standard InChI is InChI=1S/C18H11FN4OS.C14H6BrFN2OS.C8H3ClN2S.C6H4BrFO.C4H6BN2O2.FH.HI.H2/c1-23-10-12(9-21-23)11-2-3-16(14(19)6-11)24-17-7-13(8-20)22-15-4-5-25-18(15)17;15-8-1-2-12(10(16)5-8)19-13-6-9(7-17)18-11-3-4-20-14(11)13;9-6-3-5(4-10)11-7-1-2-12-8(6)7;7-4-1-2-6(9)5(8)3-4;1-7-3-4(2-6-7)9-5-8;;;/h2-7,9-10H,1H3;1-6H;1-3H;1-3,9H;2-3,8H,1H3;3*1H. The maximum Gasteiger partial charge on any atom is 0.569 e. The fourth-order valence-corrected chi connectivity index (χ4v) is 9.53. The minimum absolute atomic E-state index is 0. The molecule has 27 heteroatoms. The first-order chi connectivity index (χ1) is 36.1. The molecule has 0 amide bonds. The fourth-order valence-electron chi connectivity index (χ4n) is 6.22. The number of fused-ring (bicyclic) bond motifs is 3. The molecule has 8 heterocycles. The maximum atomic E-state index is 14.5. The van der Waals surface area contributed by atoms with Crippen molar-refractivity contribution < 1.29 is 43.6 Å². The van der Waals surface area contributed by atoms with Crippen LogP contribution >= 0.6 is 101 Å². The quantitative estimate of drug-likeness (QED) is 0.0864. The van der Waals surface area contributed by atoms with Crippen molar-refractivity contribution in [2.24, 2.45) is 14.1 Å². The smallest absolute Gasteiger partial charge is 0.535 e. The summed E-state index contributed by atoms with van der Waals surface area (Å²) in [4.78, 5) is 12.4. The lowest BCUT2D eigenvalue weighted by Gasteiger charge is -2.09. The normalized spacial score (nSPS) is 9.95. The summed E-state index contributed by atoms with van der Waals surface area (Å²) < 4.78 is 63.5. The summed E-state index contributed by atoms with van der Waals surface area (Å²) in [7, 11) is 4.20. The highest BCUT2D eigenvalue weighted by molar-refractivity contribution is 14.0. The monoisotopic (exact) mass is 1360 g/mol. The zero-order chi connectivity index (χ0) is 53.6. The van der Waals surface area contributed by atoms with Crippen molar-refractivity contribution in [1.82, 2.24) is 34.5 Å². The zero-order valence-corrected chi connectivity index (χ0v) is 47.9. The second-order valence-electron chi connectivity index (χ2n) is 14.7. The van der Waals surface area contributed by atoms with E-state index in [9.17, 15) is 13.2 Å². The van der Waals surface area contributed by atoms with Crippen LogP contribution in [0.5, 0.6) is 34.5 Å². The molecule has 2 N–H and O–H groups in total. The number of rotatable bonds is 7. The molecule has 0 unspecified atom stereocenters. The lowest BCUT2D eigenvalue weighted by Crippen LogP contribution is -1.98. The predicted octanol–water partition coefficient (Wildman–Crippen LogP) is 14.8. The van der Waals surface area contributed by atoms with Crippen LogP contribution in [-0.2, 0) is 14.1 Å². The molecule has 11 aromatic rings. The Morgan fingerprint density at radius 2 is 1.08 bits per heavy atom. The summed E-state index contributed by atoms with van der Waals surface area (Å²) in [5, 5.41) is 57.6. The topological polar surface area (TPSA) is 214 Å². The molecular weight excluding hydrogens is 1330 g/mol. The van der Waals surface area contributed by atoms with Crippen LogP contribution in [0.1, 0.15) is 18.5 Å². The molecule has 15 nitrogen and oxygen atoms in total. The number of nitrogens with zero attached hydrogens (tertiary/aromatic N) is 10. The van der Waals surface area contributed by atoms with Crippen LogP contribution < -0.4 is 14.1 Å². The van der Waals surface area contributed by atoms with Gasteiger partial charge in [-0.2, -0.15) is 26.0 Å². The number of nitriles is 3. The van der Waals surface area contributed by atoms with Gasteiger partial charge in [0.1, 0.15) is 52.5 Å². The minimum atomic E-state index is -0.607. The lowest BCUT2D eigenvalue weighted by atomic mass is 10.1. The third-order valence-corrected chi connectivity index (χ3v) is 13.7. The van der Waals surface area contributed by atoms with Crippen LogP contribution in [0.3, 0.4) is 0 Å². The number of benzene rings is 3. The molecule has 8 aromatic heterocycles. The molecular formula is C50H34BBr2ClF4IN10O5S3. The molecule has 0 fully saturated rings. The highest BCUT2D eigenvalue weighted by atomic mass is 127. The highest BCUT2D eigenvalue weighted by Gasteiger charge is 2.15. The number of aromatic hydroxyl groups is 1. The van der Waals surface area contributed by atoms with E-state index in [4.69, 9.17) is 47.0 Å². The van der Waals surface area contributed by atoms with Gasteiger partial charge in [0.05, 0.1) is 54.3 Å². The molecule has 1 radical (unpaired) electrons.